The lowest BCUT2D eigenvalue weighted by Crippen LogP contribution is -2.19. The minimum atomic E-state index is -0.0644. The second kappa shape index (κ2) is 36.1. The number of benzene rings is 9. The third kappa shape index (κ3) is 18.6. The van der Waals surface area contributed by atoms with Crippen LogP contribution in [0.15, 0.2) is 231 Å². The molecule has 4 aromatic heterocycles. The highest BCUT2D eigenvalue weighted by Crippen LogP contribution is 2.37. The maximum atomic E-state index is 12.8. The molecule has 16 heteroatoms. The highest BCUT2D eigenvalue weighted by atomic mass is 16.2. The summed E-state index contributed by atoms with van der Waals surface area (Å²) in [5, 5.41) is 14.3. The molecule has 0 saturated heterocycles. The third-order valence-electron chi connectivity index (χ3n) is 20.7. The van der Waals surface area contributed by atoms with Crippen molar-refractivity contribution in [3.05, 3.63) is 321 Å². The number of aryl methyl sites for hydroxylation is 14. The molecule has 4 N–H and O–H groups in total. The molecular weight excluding hydrogens is 1370 g/mol. The average molecular weight is 1470 g/mol. The Labute approximate surface area is 649 Å². The molecule has 0 unspecified atom stereocenters. The standard InChI is InChI=1S/C26H23N3O.C24H25N3O.C23H23N3O.C22H21N3O/c1-2-22-26(28-23-14-13-19-8-5-6-10-21(19)25(23)27-22)29-24(30)16-17-11-12-18-7-3-4-9-20(18)15-17;1-2-20-24(27-22(28)14-8-11-17-9-4-3-5-10-17)26-21-16-15-18-12-6-7-13-19(18)23(21)25-20;1-2-19-23(26-21(27)15-12-16-8-4-3-5-9-16)25-20-14-13-17-10-6-7-11-18(17)22(20)24-19;1-2-18-22(25-20(26)14-15-8-4-3-5-9-15)24-19-13-12-16-10-6-7-11-17(16)21(19)23-18/h3-12,15H,2,13-14,16H2,1H3,(H,28,29,30);3-7,9-10,12-13H,2,8,11,14-16H2,1H3,(H,26,27,28);3-11H,2,12-15H2,1H3,(H,25,26,27);3-11H,2,12-14H2,1H3,(H,24,25,26). The molecule has 4 amide bonds. The van der Waals surface area contributed by atoms with Gasteiger partial charge in [-0.3, -0.25) is 19.2 Å². The Morgan fingerprint density at radius 3 is 0.964 bits per heavy atom. The first-order valence-corrected chi connectivity index (χ1v) is 39.2. The summed E-state index contributed by atoms with van der Waals surface area (Å²) in [6.45, 7) is 8.18. The summed E-state index contributed by atoms with van der Waals surface area (Å²) in [7, 11) is 0. The highest BCUT2D eigenvalue weighted by molar-refractivity contribution is 5.95. The fourth-order valence-corrected chi connectivity index (χ4v) is 14.9. The van der Waals surface area contributed by atoms with Gasteiger partial charge >= 0.3 is 0 Å². The van der Waals surface area contributed by atoms with Gasteiger partial charge in [-0.25, -0.2) is 39.9 Å². The van der Waals surface area contributed by atoms with E-state index in [2.05, 4.69) is 137 Å². The summed E-state index contributed by atoms with van der Waals surface area (Å²) in [5.41, 5.74) is 25.5. The minimum absolute atomic E-state index is 0.0103. The van der Waals surface area contributed by atoms with E-state index in [0.717, 1.165) is 191 Å². The number of fused-ring (bicyclic) bond motifs is 13. The second-order valence-electron chi connectivity index (χ2n) is 28.3. The van der Waals surface area contributed by atoms with Crippen LogP contribution in [0.25, 0.3) is 55.8 Å². The molecule has 0 saturated carbocycles. The van der Waals surface area contributed by atoms with E-state index in [-0.39, 0.29) is 23.6 Å². The number of hydrogen-bond donors (Lipinski definition) is 4. The largest absolute Gasteiger partial charge is 0.309 e. The van der Waals surface area contributed by atoms with Gasteiger partial charge in [0.2, 0.25) is 23.6 Å². The van der Waals surface area contributed by atoms with Gasteiger partial charge in [-0.15, -0.1) is 0 Å². The zero-order valence-corrected chi connectivity index (χ0v) is 63.6. The highest BCUT2D eigenvalue weighted by Gasteiger charge is 2.27. The van der Waals surface area contributed by atoms with Crippen molar-refractivity contribution in [3.63, 3.8) is 0 Å². The molecular formula is C95H92N12O4. The second-order valence-corrected chi connectivity index (χ2v) is 28.3. The van der Waals surface area contributed by atoms with Crippen molar-refractivity contribution < 1.29 is 19.2 Å². The predicted molar refractivity (Wildman–Crippen MR) is 443 cm³/mol. The Morgan fingerprint density at radius 1 is 0.279 bits per heavy atom. The normalized spacial score (nSPS) is 12.2. The smallest absolute Gasteiger partial charge is 0.229 e. The van der Waals surface area contributed by atoms with Crippen molar-refractivity contribution >= 4 is 57.7 Å². The van der Waals surface area contributed by atoms with Crippen LogP contribution in [0.5, 0.6) is 0 Å². The lowest BCUT2D eigenvalue weighted by Gasteiger charge is -2.20. The lowest BCUT2D eigenvalue weighted by atomic mass is 9.92. The molecule has 4 aliphatic rings. The Kier molecular flexibility index (Phi) is 24.5. The number of amides is 4. The first-order valence-electron chi connectivity index (χ1n) is 39.2. The SMILES string of the molecule is CCc1nc2c(nc1NC(=O)CCCc1ccccc1)CCc1ccccc1-2.CCc1nc2c(nc1NC(=O)CCc1ccccc1)CCc1ccccc1-2.CCc1nc2c(nc1NC(=O)Cc1ccc3ccccc3c1)CCc1ccccc1-2.CCc1nc2c(nc1NC(=O)Cc1ccccc1)CCc1ccccc1-2. The molecule has 4 heterocycles. The molecule has 0 aliphatic heterocycles. The summed E-state index contributed by atoms with van der Waals surface area (Å²) < 4.78 is 0. The third-order valence-corrected chi connectivity index (χ3v) is 20.7. The summed E-state index contributed by atoms with van der Waals surface area (Å²) in [4.78, 5) is 88.8. The maximum absolute atomic E-state index is 12.8. The van der Waals surface area contributed by atoms with Crippen molar-refractivity contribution in [1.29, 1.82) is 0 Å². The molecule has 0 spiro atoms. The van der Waals surface area contributed by atoms with Crippen LogP contribution in [0, 0.1) is 0 Å². The Bertz CT molecular complexity index is 5520. The summed E-state index contributed by atoms with van der Waals surface area (Å²) in [6.07, 6.45) is 14.2. The van der Waals surface area contributed by atoms with Crippen LogP contribution in [0.1, 0.15) is 137 Å². The van der Waals surface area contributed by atoms with E-state index < -0.39 is 0 Å². The molecule has 17 rings (SSSR count). The van der Waals surface area contributed by atoms with E-state index in [4.69, 9.17) is 39.9 Å². The molecule has 0 radical (unpaired) electrons. The molecule has 13 aromatic rings. The molecule has 556 valence electrons. The van der Waals surface area contributed by atoms with Gasteiger partial charge in [-0.05, 0) is 152 Å². The topological polar surface area (TPSA) is 220 Å². The van der Waals surface area contributed by atoms with Crippen molar-refractivity contribution in [2.45, 2.75) is 150 Å². The first kappa shape index (κ1) is 75.3. The quantitative estimate of drug-likeness (QED) is 0.0594. The number of carbonyl (C=O) groups is 4. The van der Waals surface area contributed by atoms with E-state index in [1.165, 1.54) is 44.3 Å². The summed E-state index contributed by atoms with van der Waals surface area (Å²) >= 11 is 0. The van der Waals surface area contributed by atoms with Gasteiger partial charge in [0.15, 0.2) is 23.3 Å². The average Bonchev–Trinajstić information content (AvgIpc) is 0.793. The van der Waals surface area contributed by atoms with E-state index >= 15 is 0 Å². The van der Waals surface area contributed by atoms with Gasteiger partial charge in [0.05, 0.1) is 81.2 Å². The fourth-order valence-electron chi connectivity index (χ4n) is 14.9. The van der Waals surface area contributed by atoms with Crippen LogP contribution in [0.3, 0.4) is 0 Å². The number of hydrogen-bond acceptors (Lipinski definition) is 12. The van der Waals surface area contributed by atoms with Gasteiger partial charge in [0.1, 0.15) is 0 Å². The first-order chi connectivity index (χ1) is 54.4. The number of rotatable bonds is 19. The Morgan fingerprint density at radius 2 is 0.586 bits per heavy atom. The van der Waals surface area contributed by atoms with E-state index in [1.54, 1.807) is 0 Å². The van der Waals surface area contributed by atoms with Crippen molar-refractivity contribution in [1.82, 2.24) is 39.9 Å². The number of aromatic nitrogens is 8. The van der Waals surface area contributed by atoms with Crippen LogP contribution in [-0.2, 0) is 122 Å². The monoisotopic (exact) mass is 1460 g/mol. The van der Waals surface area contributed by atoms with Gasteiger partial charge in [-0.1, -0.05) is 258 Å². The molecule has 0 fully saturated rings. The van der Waals surface area contributed by atoms with Crippen LogP contribution in [-0.4, -0.2) is 63.5 Å². The summed E-state index contributed by atoms with van der Waals surface area (Å²) in [5.74, 6) is 2.32. The lowest BCUT2D eigenvalue weighted by molar-refractivity contribution is -0.117. The van der Waals surface area contributed by atoms with Crippen LogP contribution in [0.2, 0.25) is 0 Å². The Hall–Kier alpha value is -12.6. The zero-order valence-electron chi connectivity index (χ0n) is 63.6. The van der Waals surface area contributed by atoms with E-state index in [1.807, 2.05) is 142 Å². The predicted octanol–water partition coefficient (Wildman–Crippen LogP) is 18.3. The van der Waals surface area contributed by atoms with Crippen LogP contribution < -0.4 is 21.3 Å². The van der Waals surface area contributed by atoms with Crippen LogP contribution >= 0.6 is 0 Å². The van der Waals surface area contributed by atoms with Crippen LogP contribution in [0.4, 0.5) is 23.3 Å². The van der Waals surface area contributed by atoms with Crippen molar-refractivity contribution in [2.75, 3.05) is 21.3 Å². The molecule has 0 atom stereocenters. The van der Waals surface area contributed by atoms with E-state index in [9.17, 15) is 19.2 Å². The van der Waals surface area contributed by atoms with Gasteiger partial charge in [-0.2, -0.15) is 0 Å². The van der Waals surface area contributed by atoms with Gasteiger partial charge in [0, 0.05) is 35.1 Å². The number of anilines is 4. The molecule has 16 nitrogen and oxygen atoms in total. The Balaban J connectivity index is 0.000000123. The zero-order chi connectivity index (χ0) is 76.4. The summed E-state index contributed by atoms with van der Waals surface area (Å²) in [6, 6.07) is 77.9. The number of nitrogens with zero attached hydrogens (tertiary/aromatic N) is 8. The maximum Gasteiger partial charge on any atom is 0.229 e. The van der Waals surface area contributed by atoms with Gasteiger partial charge < -0.3 is 21.3 Å². The van der Waals surface area contributed by atoms with Gasteiger partial charge in [0.25, 0.3) is 0 Å². The number of carbonyl (C=O) groups excluding carboxylic acids is 4. The van der Waals surface area contributed by atoms with Crippen molar-refractivity contribution in [2.24, 2.45) is 0 Å². The number of nitrogens with one attached hydrogen (secondary N) is 4. The molecule has 111 heavy (non-hydrogen) atoms. The fraction of sp³-hybridized carbons (Fsp3) is 0.242. The van der Waals surface area contributed by atoms with Crippen molar-refractivity contribution in [3.8, 4) is 45.0 Å². The molecule has 0 bridgehead atoms. The molecule has 9 aromatic carbocycles. The van der Waals surface area contributed by atoms with E-state index in [0.29, 0.717) is 55.4 Å². The minimum Gasteiger partial charge on any atom is -0.309 e. The molecule has 4 aliphatic carbocycles.